The summed E-state index contributed by atoms with van der Waals surface area (Å²) in [6, 6.07) is 0.242. The van der Waals surface area contributed by atoms with E-state index >= 15 is 0 Å². The molecular weight excluding hydrogens is 469 g/mol. The Morgan fingerprint density at radius 3 is 2.14 bits per heavy atom. The van der Waals surface area contributed by atoms with Crippen LogP contribution in [-0.4, -0.2) is 37.6 Å². The van der Waals surface area contributed by atoms with E-state index in [0.29, 0.717) is 24.7 Å². The van der Waals surface area contributed by atoms with Crippen LogP contribution in [0.2, 0.25) is 0 Å². The van der Waals surface area contributed by atoms with Crippen LogP contribution in [0.15, 0.2) is 0 Å². The maximum absolute atomic E-state index is 12.2. The zero-order valence-corrected chi connectivity index (χ0v) is 19.7. The molecule has 0 spiro atoms. The molecule has 0 aromatic heterocycles. The Kier molecular flexibility index (Phi) is 11.3. The third kappa shape index (κ3) is 8.66. The highest BCUT2D eigenvalue weighted by Crippen LogP contribution is 2.29. The highest BCUT2D eigenvalue weighted by atomic mass is 127. The van der Waals surface area contributed by atoms with Crippen LogP contribution in [-0.2, 0) is 17.4 Å². The maximum Gasteiger partial charge on any atom is 0.220 e. The molecule has 0 aromatic rings. The van der Waals surface area contributed by atoms with Crippen LogP contribution in [0, 0.1) is 23.7 Å². The zero-order valence-electron chi connectivity index (χ0n) is 17.6. The van der Waals surface area contributed by atoms with E-state index < -0.39 is 0 Å². The van der Waals surface area contributed by atoms with Crippen molar-refractivity contribution in [2.24, 2.45) is 23.7 Å². The molecule has 2 saturated carbocycles. The third-order valence-corrected chi connectivity index (χ3v) is 6.73. The summed E-state index contributed by atoms with van der Waals surface area (Å²) in [7, 11) is 0. The molecule has 0 aliphatic heterocycles. The maximum atomic E-state index is 12.2. The van der Waals surface area contributed by atoms with E-state index in [-0.39, 0.29) is 23.8 Å². The van der Waals surface area contributed by atoms with Crippen LogP contribution in [0.5, 0.6) is 0 Å². The highest BCUT2D eigenvalue weighted by Gasteiger charge is 2.28. The van der Waals surface area contributed by atoms with Gasteiger partial charge in [-0.1, -0.05) is 13.8 Å². The second-order valence-electron chi connectivity index (χ2n) is 9.01. The monoisotopic (exact) mass is 507 g/mol. The normalized spacial score (nSPS) is 28.3. The standard InChI is InChI=1S/C22H38INO4/c1-16(2)22(26)19-9-11-20(12-10-19)24-21(25)4-3-13-27-14-17-5-7-18(8-6-17)15-28-23/h16-20H,3-15H2,1-2H3,(H,24,25). The van der Waals surface area contributed by atoms with Gasteiger partial charge < -0.3 is 13.1 Å². The van der Waals surface area contributed by atoms with Crippen molar-refractivity contribution in [1.82, 2.24) is 5.32 Å². The molecule has 2 aliphatic carbocycles. The number of ketones is 1. The molecule has 5 nitrogen and oxygen atoms in total. The number of Topliss-reactive ketones (excluding diaryl/α,β-unsaturated/α-hetero) is 1. The van der Waals surface area contributed by atoms with Crippen LogP contribution >= 0.6 is 23.0 Å². The van der Waals surface area contributed by atoms with Crippen molar-refractivity contribution >= 4 is 34.7 Å². The zero-order chi connectivity index (χ0) is 20.4. The minimum absolute atomic E-state index is 0.121. The fraction of sp³-hybridized carbons (Fsp3) is 0.909. The van der Waals surface area contributed by atoms with E-state index in [1.54, 1.807) is 0 Å². The summed E-state index contributed by atoms with van der Waals surface area (Å²) < 4.78 is 11.0. The lowest BCUT2D eigenvalue weighted by atomic mass is 9.80. The van der Waals surface area contributed by atoms with Gasteiger partial charge in [-0.05, 0) is 69.6 Å². The first-order valence-corrected chi connectivity index (χ1v) is 12.0. The van der Waals surface area contributed by atoms with Crippen molar-refractivity contribution in [1.29, 1.82) is 0 Å². The van der Waals surface area contributed by atoms with Crippen molar-refractivity contribution in [3.8, 4) is 0 Å². The molecule has 0 bridgehead atoms. The summed E-state index contributed by atoms with van der Waals surface area (Å²) in [4.78, 5) is 24.2. The lowest BCUT2D eigenvalue weighted by Gasteiger charge is -2.29. The first-order chi connectivity index (χ1) is 13.5. The lowest BCUT2D eigenvalue weighted by molar-refractivity contribution is -0.127. The van der Waals surface area contributed by atoms with Crippen molar-refractivity contribution in [3.63, 3.8) is 0 Å². The number of carbonyl (C=O) groups excluding carboxylic acids is 2. The first-order valence-electron chi connectivity index (χ1n) is 11.1. The van der Waals surface area contributed by atoms with Crippen LogP contribution in [0.4, 0.5) is 0 Å². The van der Waals surface area contributed by atoms with Gasteiger partial charge in [-0.15, -0.1) is 0 Å². The topological polar surface area (TPSA) is 64.6 Å². The number of rotatable bonds is 11. The van der Waals surface area contributed by atoms with Crippen molar-refractivity contribution < 1.29 is 17.4 Å². The molecule has 6 heteroatoms. The number of ether oxygens (including phenoxy) is 1. The van der Waals surface area contributed by atoms with Crippen LogP contribution in [0.25, 0.3) is 0 Å². The molecule has 2 rings (SSSR count). The Labute approximate surface area is 184 Å². The summed E-state index contributed by atoms with van der Waals surface area (Å²) in [6.07, 6.45) is 9.94. The summed E-state index contributed by atoms with van der Waals surface area (Å²) in [5.74, 6) is 2.22. The molecule has 0 heterocycles. The van der Waals surface area contributed by atoms with Crippen molar-refractivity contribution in [3.05, 3.63) is 0 Å². The van der Waals surface area contributed by atoms with Crippen LogP contribution in [0.3, 0.4) is 0 Å². The summed E-state index contributed by atoms with van der Waals surface area (Å²) >= 11 is 1.98. The van der Waals surface area contributed by atoms with Gasteiger partial charge in [0.2, 0.25) is 5.91 Å². The van der Waals surface area contributed by atoms with E-state index in [9.17, 15) is 9.59 Å². The van der Waals surface area contributed by atoms with Crippen LogP contribution < -0.4 is 5.32 Å². The Balaban J connectivity index is 1.48. The molecule has 0 aromatic carbocycles. The molecule has 2 fully saturated rings. The number of nitrogens with one attached hydrogen (secondary N) is 1. The Morgan fingerprint density at radius 1 is 0.964 bits per heavy atom. The van der Waals surface area contributed by atoms with E-state index in [1.807, 2.05) is 36.9 Å². The van der Waals surface area contributed by atoms with Gasteiger partial charge >= 0.3 is 0 Å². The van der Waals surface area contributed by atoms with Gasteiger partial charge in [-0.3, -0.25) is 9.59 Å². The van der Waals surface area contributed by atoms with Crippen LogP contribution in [0.1, 0.15) is 78.1 Å². The van der Waals surface area contributed by atoms with Gasteiger partial charge in [0.05, 0.1) is 6.61 Å². The number of carbonyl (C=O) groups is 2. The minimum Gasteiger partial charge on any atom is -0.381 e. The first kappa shape index (κ1) is 24.1. The smallest absolute Gasteiger partial charge is 0.220 e. The molecule has 0 unspecified atom stereocenters. The summed E-state index contributed by atoms with van der Waals surface area (Å²) in [6.45, 7) is 6.32. The molecule has 0 atom stereocenters. The molecule has 0 saturated heterocycles. The molecule has 1 amide bonds. The van der Waals surface area contributed by atoms with Gasteiger partial charge in [0.1, 0.15) is 28.8 Å². The fourth-order valence-corrected chi connectivity index (χ4v) is 5.04. The SMILES string of the molecule is CC(C)C(=O)C1CCC(NC(=O)CCCOCC2CCC(COI)CC2)CC1. The van der Waals surface area contributed by atoms with Gasteiger partial charge in [-0.2, -0.15) is 0 Å². The molecule has 162 valence electrons. The molecular formula is C22H38INO4. The Bertz CT molecular complexity index is 469. The lowest BCUT2D eigenvalue weighted by Crippen LogP contribution is -2.39. The van der Waals surface area contributed by atoms with Gasteiger partial charge in [0, 0.05) is 37.5 Å². The van der Waals surface area contributed by atoms with E-state index in [1.165, 1.54) is 25.7 Å². The second kappa shape index (κ2) is 13.2. The summed E-state index contributed by atoms with van der Waals surface area (Å²) in [5, 5.41) is 3.15. The predicted octanol–water partition coefficient (Wildman–Crippen LogP) is 4.86. The number of hydrogen-bond donors (Lipinski definition) is 1. The predicted molar refractivity (Wildman–Crippen MR) is 119 cm³/mol. The van der Waals surface area contributed by atoms with Crippen molar-refractivity contribution in [2.45, 2.75) is 84.1 Å². The van der Waals surface area contributed by atoms with Gasteiger partial charge in [-0.25, -0.2) is 0 Å². The van der Waals surface area contributed by atoms with Gasteiger partial charge in [0.15, 0.2) is 0 Å². The molecule has 1 N–H and O–H groups in total. The molecule has 0 radical (unpaired) electrons. The van der Waals surface area contributed by atoms with Crippen molar-refractivity contribution in [2.75, 3.05) is 19.8 Å². The van der Waals surface area contributed by atoms with E-state index in [2.05, 4.69) is 5.32 Å². The Morgan fingerprint density at radius 2 is 1.57 bits per heavy atom. The van der Waals surface area contributed by atoms with Gasteiger partial charge in [0.25, 0.3) is 0 Å². The van der Waals surface area contributed by atoms with E-state index in [0.717, 1.165) is 51.2 Å². The Hall–Kier alpha value is -0.210. The highest BCUT2D eigenvalue weighted by molar-refractivity contribution is 14.1. The minimum atomic E-state index is 0.121. The number of amides is 1. The van der Waals surface area contributed by atoms with E-state index in [4.69, 9.17) is 7.80 Å². The summed E-state index contributed by atoms with van der Waals surface area (Å²) in [5.41, 5.74) is 0. The molecule has 28 heavy (non-hydrogen) atoms. The average molecular weight is 507 g/mol. The fourth-order valence-electron chi connectivity index (χ4n) is 4.53. The number of halogens is 1. The third-order valence-electron chi connectivity index (χ3n) is 6.37. The molecule has 2 aliphatic rings. The largest absolute Gasteiger partial charge is 0.381 e. The second-order valence-corrected chi connectivity index (χ2v) is 9.64. The number of hydrogen-bond acceptors (Lipinski definition) is 4. The quantitative estimate of drug-likeness (QED) is 0.321. The average Bonchev–Trinajstić information content (AvgIpc) is 2.69.